The van der Waals surface area contributed by atoms with E-state index >= 15 is 0 Å². The first-order chi connectivity index (χ1) is 13.0. The summed E-state index contributed by atoms with van der Waals surface area (Å²) in [6, 6.07) is 7.54. The molecule has 8 nitrogen and oxygen atoms in total. The van der Waals surface area contributed by atoms with E-state index in [9.17, 15) is 14.4 Å². The zero-order valence-electron chi connectivity index (χ0n) is 14.7. The van der Waals surface area contributed by atoms with Gasteiger partial charge in [0.25, 0.3) is 0 Å². The highest BCUT2D eigenvalue weighted by Crippen LogP contribution is 2.14. The molecule has 2 amide bonds. The van der Waals surface area contributed by atoms with Crippen molar-refractivity contribution in [2.75, 3.05) is 5.32 Å². The molecule has 1 aromatic carbocycles. The molecule has 2 heterocycles. The van der Waals surface area contributed by atoms with Gasteiger partial charge in [0, 0.05) is 23.9 Å². The molecule has 9 heteroatoms. The van der Waals surface area contributed by atoms with Gasteiger partial charge in [-0.1, -0.05) is 17.7 Å². The number of aromatic nitrogens is 1. The Balaban J connectivity index is 1.48. The zero-order chi connectivity index (χ0) is 19.2. The Labute approximate surface area is 159 Å². The minimum absolute atomic E-state index is 0.0120. The van der Waals surface area contributed by atoms with E-state index in [0.717, 1.165) is 11.3 Å². The monoisotopic (exact) mass is 386 g/mol. The Kier molecular flexibility index (Phi) is 5.92. The minimum atomic E-state index is -0.582. The molecule has 0 fully saturated rings. The van der Waals surface area contributed by atoms with Crippen molar-refractivity contribution in [2.45, 2.75) is 32.8 Å². The van der Waals surface area contributed by atoms with Gasteiger partial charge in [-0.3, -0.25) is 9.59 Å². The predicted octanol–water partition coefficient (Wildman–Crippen LogP) is 1.94. The van der Waals surface area contributed by atoms with Crippen LogP contribution in [0.5, 0.6) is 0 Å². The summed E-state index contributed by atoms with van der Waals surface area (Å²) in [5, 5.41) is 8.87. The summed E-state index contributed by atoms with van der Waals surface area (Å²) in [4.78, 5) is 39.3. The fourth-order valence-electron chi connectivity index (χ4n) is 2.32. The lowest BCUT2D eigenvalue weighted by Gasteiger charge is -2.10. The number of ether oxygens (including phenoxy) is 1. The number of esters is 1. The van der Waals surface area contributed by atoms with E-state index in [1.807, 2.05) is 31.2 Å². The normalized spacial score (nSPS) is 13.5. The van der Waals surface area contributed by atoms with Crippen LogP contribution in [0.2, 0.25) is 0 Å². The number of benzene rings is 1. The van der Waals surface area contributed by atoms with Crippen molar-refractivity contribution in [2.24, 2.45) is 5.10 Å². The van der Waals surface area contributed by atoms with Crippen LogP contribution in [0, 0.1) is 6.92 Å². The van der Waals surface area contributed by atoms with E-state index < -0.39 is 5.97 Å². The van der Waals surface area contributed by atoms with E-state index in [0.29, 0.717) is 10.7 Å². The molecule has 0 unspecified atom stereocenters. The van der Waals surface area contributed by atoms with Crippen LogP contribution in [0.25, 0.3) is 0 Å². The second kappa shape index (κ2) is 8.54. The average Bonchev–Trinajstić information content (AvgIpc) is 3.09. The molecular formula is C18H18N4O4S. The Morgan fingerprint density at radius 2 is 2.04 bits per heavy atom. The molecule has 27 heavy (non-hydrogen) atoms. The van der Waals surface area contributed by atoms with Crippen molar-refractivity contribution >= 4 is 40.5 Å². The van der Waals surface area contributed by atoms with Gasteiger partial charge in [-0.2, -0.15) is 5.10 Å². The number of nitrogens with zero attached hydrogens (tertiary/aromatic N) is 2. The van der Waals surface area contributed by atoms with Crippen LogP contribution in [0.3, 0.4) is 0 Å². The lowest BCUT2D eigenvalue weighted by molar-refractivity contribution is -0.137. The summed E-state index contributed by atoms with van der Waals surface area (Å²) >= 11 is 1.33. The van der Waals surface area contributed by atoms with Crippen LogP contribution in [-0.2, 0) is 32.1 Å². The lowest BCUT2D eigenvalue weighted by Crippen LogP contribution is -2.30. The molecule has 1 aliphatic heterocycles. The third kappa shape index (κ3) is 5.45. The zero-order valence-corrected chi connectivity index (χ0v) is 15.5. The summed E-state index contributed by atoms with van der Waals surface area (Å²) in [7, 11) is 0. The molecule has 1 aliphatic rings. The average molecular weight is 386 g/mol. The second-order valence-corrected chi connectivity index (χ2v) is 6.94. The first-order valence-electron chi connectivity index (χ1n) is 8.32. The standard InChI is InChI=1S/C18H18N4O4S/c1-11-2-4-12(5-3-11)19-16(24)8-17-20-13(10-27-17)9-26-18(25)14-6-7-15(23)22-21-14/h2-5,10H,6-9H2,1H3,(H,19,24)(H,22,23). The van der Waals surface area contributed by atoms with Crippen LogP contribution >= 0.6 is 11.3 Å². The molecule has 2 N–H and O–H groups in total. The Bertz CT molecular complexity index is 889. The highest BCUT2D eigenvalue weighted by molar-refractivity contribution is 7.09. The number of nitrogens with one attached hydrogen (secondary N) is 2. The van der Waals surface area contributed by atoms with Gasteiger partial charge in [0.15, 0.2) is 0 Å². The molecule has 0 aliphatic carbocycles. The Morgan fingerprint density at radius 3 is 2.74 bits per heavy atom. The molecule has 2 aromatic rings. The van der Waals surface area contributed by atoms with Gasteiger partial charge in [0.1, 0.15) is 17.3 Å². The number of carbonyl (C=O) groups is 3. The number of hydrazone groups is 1. The topological polar surface area (TPSA) is 110 Å². The van der Waals surface area contributed by atoms with Crippen LogP contribution in [0.1, 0.15) is 29.1 Å². The number of carbonyl (C=O) groups excluding carboxylic acids is 3. The molecule has 0 atom stereocenters. The van der Waals surface area contributed by atoms with Crippen molar-refractivity contribution in [1.82, 2.24) is 10.4 Å². The van der Waals surface area contributed by atoms with Crippen molar-refractivity contribution in [3.63, 3.8) is 0 Å². The Hall–Kier alpha value is -3.07. The molecule has 0 saturated carbocycles. The van der Waals surface area contributed by atoms with Crippen LogP contribution < -0.4 is 10.7 Å². The van der Waals surface area contributed by atoms with E-state index in [1.54, 1.807) is 5.38 Å². The van der Waals surface area contributed by atoms with Crippen molar-refractivity contribution in [1.29, 1.82) is 0 Å². The number of aryl methyl sites for hydroxylation is 1. The van der Waals surface area contributed by atoms with Crippen molar-refractivity contribution in [3.8, 4) is 0 Å². The molecule has 0 radical (unpaired) electrons. The fraction of sp³-hybridized carbons (Fsp3) is 0.278. The van der Waals surface area contributed by atoms with E-state index in [1.165, 1.54) is 11.3 Å². The minimum Gasteiger partial charge on any atom is -0.455 e. The number of rotatable bonds is 6. The SMILES string of the molecule is Cc1ccc(NC(=O)Cc2nc(COC(=O)C3=NNC(=O)CC3)cs2)cc1. The summed E-state index contributed by atoms with van der Waals surface area (Å²) in [5.41, 5.74) is 4.85. The van der Waals surface area contributed by atoms with Gasteiger partial charge in [0.05, 0.1) is 12.1 Å². The molecule has 1 aromatic heterocycles. The Morgan fingerprint density at radius 1 is 1.26 bits per heavy atom. The fourth-order valence-corrected chi connectivity index (χ4v) is 3.10. The molecule has 0 spiro atoms. The number of thiazole rings is 1. The number of anilines is 1. The summed E-state index contributed by atoms with van der Waals surface area (Å²) in [5.74, 6) is -0.967. The maximum atomic E-state index is 12.1. The van der Waals surface area contributed by atoms with E-state index in [-0.39, 0.29) is 43.4 Å². The highest BCUT2D eigenvalue weighted by Gasteiger charge is 2.20. The maximum Gasteiger partial charge on any atom is 0.354 e. The third-order valence-corrected chi connectivity index (χ3v) is 4.64. The van der Waals surface area contributed by atoms with Gasteiger partial charge in [-0.25, -0.2) is 15.2 Å². The van der Waals surface area contributed by atoms with Crippen LogP contribution in [0.15, 0.2) is 34.7 Å². The molecule has 0 saturated heterocycles. The summed E-state index contributed by atoms with van der Waals surface area (Å²) < 4.78 is 5.15. The summed E-state index contributed by atoms with van der Waals surface area (Å²) in [6.45, 7) is 1.97. The van der Waals surface area contributed by atoms with Gasteiger partial charge < -0.3 is 10.1 Å². The van der Waals surface area contributed by atoms with Crippen molar-refractivity contribution < 1.29 is 19.1 Å². The lowest BCUT2D eigenvalue weighted by atomic mass is 10.2. The van der Waals surface area contributed by atoms with Gasteiger partial charge in [-0.15, -0.1) is 11.3 Å². The van der Waals surface area contributed by atoms with Gasteiger partial charge >= 0.3 is 5.97 Å². The molecule has 140 valence electrons. The molecule has 0 bridgehead atoms. The smallest absolute Gasteiger partial charge is 0.354 e. The third-order valence-electron chi connectivity index (χ3n) is 3.74. The predicted molar refractivity (Wildman–Crippen MR) is 100 cm³/mol. The molecular weight excluding hydrogens is 368 g/mol. The molecule has 3 rings (SSSR count). The maximum absolute atomic E-state index is 12.1. The highest BCUT2D eigenvalue weighted by atomic mass is 32.1. The quantitative estimate of drug-likeness (QED) is 0.738. The van der Waals surface area contributed by atoms with Gasteiger partial charge in [0.2, 0.25) is 11.8 Å². The van der Waals surface area contributed by atoms with Gasteiger partial charge in [-0.05, 0) is 19.1 Å². The number of amides is 2. The van der Waals surface area contributed by atoms with E-state index in [2.05, 4.69) is 20.8 Å². The largest absolute Gasteiger partial charge is 0.455 e. The van der Waals surface area contributed by atoms with Crippen molar-refractivity contribution in [3.05, 3.63) is 45.9 Å². The van der Waals surface area contributed by atoms with E-state index in [4.69, 9.17) is 4.74 Å². The van der Waals surface area contributed by atoms with Crippen LogP contribution in [0.4, 0.5) is 5.69 Å². The first kappa shape index (κ1) is 18.7. The number of hydrogen-bond donors (Lipinski definition) is 2. The van der Waals surface area contributed by atoms with Crippen LogP contribution in [-0.4, -0.2) is 28.5 Å². The second-order valence-electron chi connectivity index (χ2n) is 5.99. The summed E-state index contributed by atoms with van der Waals surface area (Å²) in [6.07, 6.45) is 0.613. The number of hydrogen-bond acceptors (Lipinski definition) is 7. The first-order valence-corrected chi connectivity index (χ1v) is 9.20.